The van der Waals surface area contributed by atoms with Crippen molar-refractivity contribution in [3.8, 4) is 11.3 Å². The van der Waals surface area contributed by atoms with E-state index < -0.39 is 10.0 Å². The minimum atomic E-state index is -3.54. The zero-order valence-corrected chi connectivity index (χ0v) is 17.0. The fourth-order valence-electron chi connectivity index (χ4n) is 2.94. The fourth-order valence-corrected chi connectivity index (χ4v) is 4.35. The van der Waals surface area contributed by atoms with Gasteiger partial charge in [-0.05, 0) is 42.9 Å². The Morgan fingerprint density at radius 2 is 2.00 bits per heavy atom. The molecule has 28 heavy (non-hydrogen) atoms. The topological polar surface area (TPSA) is 88.9 Å². The molecule has 0 fully saturated rings. The number of nitrogens with zero attached hydrogens (tertiary/aromatic N) is 3. The Bertz CT molecular complexity index is 1240. The maximum absolute atomic E-state index is 12.2. The highest BCUT2D eigenvalue weighted by Gasteiger charge is 2.16. The number of hydrogen-bond donors (Lipinski definition) is 2. The monoisotopic (exact) mass is 413 g/mol. The summed E-state index contributed by atoms with van der Waals surface area (Å²) in [5.41, 5.74) is 6.15. The average molecular weight is 414 g/mol. The summed E-state index contributed by atoms with van der Waals surface area (Å²) in [6.45, 7) is 0.589. The molecule has 2 N–H and O–H groups in total. The first-order chi connectivity index (χ1) is 13.5. The molecule has 0 aliphatic heterocycles. The van der Waals surface area contributed by atoms with Gasteiger partial charge >= 0.3 is 0 Å². The first-order valence-electron chi connectivity index (χ1n) is 8.58. The number of benzene rings is 2. The second kappa shape index (κ2) is 7.34. The predicted molar refractivity (Wildman–Crippen MR) is 112 cm³/mol. The van der Waals surface area contributed by atoms with Crippen molar-refractivity contribution in [2.45, 2.75) is 11.4 Å². The first-order valence-corrected chi connectivity index (χ1v) is 10.9. The maximum Gasteiger partial charge on any atom is 0.240 e. The van der Waals surface area contributed by atoms with Crippen LogP contribution < -0.4 is 10.0 Å². The minimum Gasteiger partial charge on any atom is -0.380 e. The number of rotatable bonds is 6. The molecule has 4 aromatic rings. The van der Waals surface area contributed by atoms with Crippen molar-refractivity contribution in [3.05, 3.63) is 60.0 Å². The van der Waals surface area contributed by atoms with Gasteiger partial charge in [-0.25, -0.2) is 23.1 Å². The number of imidazole rings is 1. The third kappa shape index (κ3) is 3.64. The van der Waals surface area contributed by atoms with Gasteiger partial charge in [-0.1, -0.05) is 6.07 Å². The lowest BCUT2D eigenvalue weighted by Crippen LogP contribution is -2.18. The molecule has 0 amide bonds. The van der Waals surface area contributed by atoms with Gasteiger partial charge < -0.3 is 9.88 Å². The van der Waals surface area contributed by atoms with E-state index in [1.807, 2.05) is 23.3 Å². The Hall–Kier alpha value is -2.75. The van der Waals surface area contributed by atoms with Gasteiger partial charge in [-0.3, -0.25) is 0 Å². The van der Waals surface area contributed by atoms with Crippen LogP contribution in [-0.4, -0.2) is 30.0 Å². The normalized spacial score (nSPS) is 11.8. The van der Waals surface area contributed by atoms with E-state index in [2.05, 4.69) is 38.2 Å². The number of fused-ring (bicyclic) bond motifs is 1. The van der Waals surface area contributed by atoms with Crippen molar-refractivity contribution >= 4 is 37.3 Å². The number of aryl methyl sites for hydroxylation is 1. The summed E-state index contributed by atoms with van der Waals surface area (Å²) in [4.78, 5) is 8.94. The molecule has 9 heteroatoms. The summed E-state index contributed by atoms with van der Waals surface area (Å²) in [6, 6.07) is 11.2. The molecule has 0 spiro atoms. The van der Waals surface area contributed by atoms with Crippen LogP contribution in [0.1, 0.15) is 5.56 Å². The third-order valence-corrected chi connectivity index (χ3v) is 6.65. The second-order valence-corrected chi connectivity index (χ2v) is 9.12. The molecule has 0 aliphatic rings. The highest BCUT2D eigenvalue weighted by atomic mass is 32.2. The lowest BCUT2D eigenvalue weighted by molar-refractivity contribution is 0.588. The standard InChI is InChI=1S/C19H19N5O2S2/c1-20-28(25,26)14-4-5-16(15(8-14)18-10-24(2)11-22-18)21-9-13-3-6-19-17(7-13)23-12-27-19/h3-8,10-12,20-21H,9H2,1-2H3. The van der Waals surface area contributed by atoms with Gasteiger partial charge in [0.1, 0.15) is 0 Å². The lowest BCUT2D eigenvalue weighted by Gasteiger charge is -2.13. The van der Waals surface area contributed by atoms with Crippen molar-refractivity contribution in [3.63, 3.8) is 0 Å². The molecule has 0 saturated carbocycles. The third-order valence-electron chi connectivity index (χ3n) is 4.43. The van der Waals surface area contributed by atoms with Gasteiger partial charge in [0.05, 0.1) is 32.6 Å². The number of aromatic nitrogens is 3. The predicted octanol–water partition coefficient (Wildman–Crippen LogP) is 3.22. The first kappa shape index (κ1) is 18.6. The van der Waals surface area contributed by atoms with Gasteiger partial charge in [-0.15, -0.1) is 11.3 Å². The summed E-state index contributed by atoms with van der Waals surface area (Å²) < 4.78 is 29.8. The summed E-state index contributed by atoms with van der Waals surface area (Å²) >= 11 is 1.61. The minimum absolute atomic E-state index is 0.199. The summed E-state index contributed by atoms with van der Waals surface area (Å²) in [7, 11) is -0.268. The van der Waals surface area contributed by atoms with Crippen molar-refractivity contribution in [2.24, 2.45) is 7.05 Å². The molecule has 4 rings (SSSR count). The molecule has 0 atom stereocenters. The lowest BCUT2D eigenvalue weighted by atomic mass is 10.1. The molecule has 7 nitrogen and oxygen atoms in total. The summed E-state index contributed by atoms with van der Waals surface area (Å²) in [6.07, 6.45) is 3.55. The van der Waals surface area contributed by atoms with Crippen molar-refractivity contribution in [1.29, 1.82) is 0 Å². The number of thiazole rings is 1. The quantitative estimate of drug-likeness (QED) is 0.507. The van der Waals surface area contributed by atoms with E-state index in [1.54, 1.807) is 35.9 Å². The molecular weight excluding hydrogens is 394 g/mol. The molecule has 0 bridgehead atoms. The van der Waals surface area contributed by atoms with E-state index in [-0.39, 0.29) is 4.90 Å². The van der Waals surface area contributed by atoms with E-state index in [9.17, 15) is 8.42 Å². The maximum atomic E-state index is 12.2. The van der Waals surface area contributed by atoms with Crippen molar-refractivity contribution in [1.82, 2.24) is 19.3 Å². The molecule has 0 unspecified atom stereocenters. The Morgan fingerprint density at radius 3 is 2.75 bits per heavy atom. The number of hydrogen-bond acceptors (Lipinski definition) is 6. The van der Waals surface area contributed by atoms with Gasteiger partial charge in [0, 0.05) is 31.0 Å². The van der Waals surface area contributed by atoms with Crippen LogP contribution in [0.3, 0.4) is 0 Å². The Labute approximate surface area is 167 Å². The van der Waals surface area contributed by atoms with Crippen LogP contribution in [0.15, 0.2) is 59.3 Å². The van der Waals surface area contributed by atoms with Gasteiger partial charge in [0.2, 0.25) is 10.0 Å². The fraction of sp³-hybridized carbons (Fsp3) is 0.158. The van der Waals surface area contributed by atoms with Crippen LogP contribution in [0, 0.1) is 0 Å². The average Bonchev–Trinajstić information content (AvgIpc) is 3.34. The summed E-state index contributed by atoms with van der Waals surface area (Å²) in [5, 5.41) is 3.40. The van der Waals surface area contributed by atoms with Crippen LogP contribution >= 0.6 is 11.3 Å². The largest absolute Gasteiger partial charge is 0.380 e. The number of nitrogens with one attached hydrogen (secondary N) is 2. The van der Waals surface area contributed by atoms with Crippen molar-refractivity contribution in [2.75, 3.05) is 12.4 Å². The smallest absolute Gasteiger partial charge is 0.240 e. The molecule has 0 aliphatic carbocycles. The molecule has 144 valence electrons. The van der Waals surface area contributed by atoms with Crippen LogP contribution in [0.4, 0.5) is 5.69 Å². The van der Waals surface area contributed by atoms with Crippen LogP contribution in [0.25, 0.3) is 21.5 Å². The zero-order valence-electron chi connectivity index (χ0n) is 15.4. The van der Waals surface area contributed by atoms with Gasteiger partial charge in [0.25, 0.3) is 0 Å². The second-order valence-electron chi connectivity index (χ2n) is 6.35. The van der Waals surface area contributed by atoms with Gasteiger partial charge in [0.15, 0.2) is 0 Å². The SMILES string of the molecule is CNS(=O)(=O)c1ccc(NCc2ccc3scnc3c2)c(-c2cn(C)cn2)c1. The van der Waals surface area contributed by atoms with E-state index >= 15 is 0 Å². The highest BCUT2D eigenvalue weighted by molar-refractivity contribution is 7.89. The van der Waals surface area contributed by atoms with E-state index in [0.717, 1.165) is 27.0 Å². The van der Waals surface area contributed by atoms with E-state index in [4.69, 9.17) is 0 Å². The summed E-state index contributed by atoms with van der Waals surface area (Å²) in [5.74, 6) is 0. The molecular formula is C19H19N5O2S2. The van der Waals surface area contributed by atoms with Crippen LogP contribution in [0.2, 0.25) is 0 Å². The molecule has 2 heterocycles. The van der Waals surface area contributed by atoms with Crippen molar-refractivity contribution < 1.29 is 8.42 Å². The van der Waals surface area contributed by atoms with Crippen LogP contribution in [0.5, 0.6) is 0 Å². The van der Waals surface area contributed by atoms with Gasteiger partial charge in [-0.2, -0.15) is 0 Å². The Morgan fingerprint density at radius 1 is 1.14 bits per heavy atom. The molecule has 2 aromatic heterocycles. The Kier molecular flexibility index (Phi) is 4.88. The van der Waals surface area contributed by atoms with Crippen LogP contribution in [-0.2, 0) is 23.6 Å². The zero-order chi connectivity index (χ0) is 19.7. The molecule has 0 saturated heterocycles. The van der Waals surface area contributed by atoms with E-state index in [0.29, 0.717) is 12.2 Å². The Balaban J connectivity index is 1.68. The molecule has 0 radical (unpaired) electrons. The highest BCUT2D eigenvalue weighted by Crippen LogP contribution is 2.30. The molecule has 2 aromatic carbocycles. The number of anilines is 1. The number of sulfonamides is 1. The van der Waals surface area contributed by atoms with E-state index in [1.165, 1.54) is 7.05 Å².